The van der Waals surface area contributed by atoms with Gasteiger partial charge < -0.3 is 9.73 Å². The van der Waals surface area contributed by atoms with Crippen molar-refractivity contribution >= 4 is 16.7 Å². The number of anilines is 1. The number of nitriles is 1. The number of hydrogen-bond donors (Lipinski definition) is 1. The summed E-state index contributed by atoms with van der Waals surface area (Å²) in [7, 11) is 0. The molecule has 0 saturated heterocycles. The van der Waals surface area contributed by atoms with Crippen LogP contribution in [0, 0.1) is 17.1 Å². The van der Waals surface area contributed by atoms with E-state index in [1.165, 1.54) is 12.1 Å². The van der Waals surface area contributed by atoms with Crippen LogP contribution >= 0.6 is 0 Å². The molecule has 0 spiro atoms. The Morgan fingerprint density at radius 2 is 2.00 bits per heavy atom. The summed E-state index contributed by atoms with van der Waals surface area (Å²) in [6, 6.07) is 15.7. The Morgan fingerprint density at radius 1 is 1.19 bits per heavy atom. The molecule has 0 radical (unpaired) electrons. The molecule has 0 aliphatic heterocycles. The zero-order valence-electron chi connectivity index (χ0n) is 11.4. The molecule has 104 valence electrons. The lowest BCUT2D eigenvalue weighted by atomic mass is 10.1. The molecule has 0 bridgehead atoms. The van der Waals surface area contributed by atoms with Crippen molar-refractivity contribution in [2.45, 2.75) is 13.0 Å². The highest BCUT2D eigenvalue weighted by Gasteiger charge is 2.13. The summed E-state index contributed by atoms with van der Waals surface area (Å²) in [5.74, 6) is 0.345. The van der Waals surface area contributed by atoms with Gasteiger partial charge in [-0.3, -0.25) is 0 Å². The second-order valence-electron chi connectivity index (χ2n) is 4.85. The highest BCUT2D eigenvalue weighted by molar-refractivity contribution is 5.78. The van der Waals surface area contributed by atoms with Crippen LogP contribution in [0.25, 0.3) is 11.0 Å². The Morgan fingerprint density at radius 3 is 2.76 bits per heavy atom. The molecule has 1 heterocycles. The van der Waals surface area contributed by atoms with E-state index in [0.29, 0.717) is 5.69 Å². The van der Waals surface area contributed by atoms with E-state index in [0.717, 1.165) is 16.7 Å². The third-order valence-electron chi connectivity index (χ3n) is 3.35. The van der Waals surface area contributed by atoms with Gasteiger partial charge in [-0.1, -0.05) is 18.2 Å². The van der Waals surface area contributed by atoms with Crippen molar-refractivity contribution in [1.29, 1.82) is 5.26 Å². The van der Waals surface area contributed by atoms with Crippen LogP contribution in [0.15, 0.2) is 52.9 Å². The van der Waals surface area contributed by atoms with Gasteiger partial charge in [0, 0.05) is 5.39 Å². The summed E-state index contributed by atoms with van der Waals surface area (Å²) in [5.41, 5.74) is 1.69. The molecule has 0 saturated carbocycles. The summed E-state index contributed by atoms with van der Waals surface area (Å²) >= 11 is 0. The number of benzene rings is 2. The molecule has 3 rings (SSSR count). The zero-order valence-corrected chi connectivity index (χ0v) is 11.4. The normalized spacial score (nSPS) is 12.0. The summed E-state index contributed by atoms with van der Waals surface area (Å²) in [6.45, 7) is 1.93. The van der Waals surface area contributed by atoms with E-state index in [1.54, 1.807) is 6.07 Å². The molecule has 1 aromatic heterocycles. The molecule has 2 aromatic carbocycles. The number of hydrogen-bond acceptors (Lipinski definition) is 3. The molecule has 1 N–H and O–H groups in total. The predicted octanol–water partition coefficient (Wildman–Crippen LogP) is 4.62. The van der Waals surface area contributed by atoms with Crippen molar-refractivity contribution in [2.24, 2.45) is 0 Å². The van der Waals surface area contributed by atoms with Crippen molar-refractivity contribution in [2.75, 3.05) is 5.32 Å². The Kier molecular flexibility index (Phi) is 3.33. The van der Waals surface area contributed by atoms with Gasteiger partial charge >= 0.3 is 0 Å². The van der Waals surface area contributed by atoms with Crippen LogP contribution in [-0.4, -0.2) is 0 Å². The first-order chi connectivity index (χ1) is 10.2. The van der Waals surface area contributed by atoms with E-state index >= 15 is 0 Å². The molecular formula is C17H13FN2O. The molecule has 0 unspecified atom stereocenters. The summed E-state index contributed by atoms with van der Waals surface area (Å²) < 4.78 is 18.9. The van der Waals surface area contributed by atoms with Gasteiger partial charge in [-0.25, -0.2) is 4.39 Å². The van der Waals surface area contributed by atoms with Crippen molar-refractivity contribution < 1.29 is 8.81 Å². The van der Waals surface area contributed by atoms with Crippen molar-refractivity contribution in [3.8, 4) is 6.07 Å². The van der Waals surface area contributed by atoms with Crippen LogP contribution in [0.1, 0.15) is 24.3 Å². The maximum atomic E-state index is 13.1. The maximum Gasteiger partial charge on any atom is 0.134 e. The lowest BCUT2D eigenvalue weighted by Gasteiger charge is -2.14. The van der Waals surface area contributed by atoms with Crippen molar-refractivity contribution in [3.63, 3.8) is 0 Å². The van der Waals surface area contributed by atoms with Gasteiger partial charge in [0.05, 0.1) is 17.3 Å². The SMILES string of the molecule is C[C@@H](Nc1ccc(F)cc1C#N)c1cc2ccccc2o1. The van der Waals surface area contributed by atoms with E-state index in [9.17, 15) is 4.39 Å². The first kappa shape index (κ1) is 13.2. The zero-order chi connectivity index (χ0) is 14.8. The summed E-state index contributed by atoms with van der Waals surface area (Å²) in [4.78, 5) is 0. The third-order valence-corrected chi connectivity index (χ3v) is 3.35. The van der Waals surface area contributed by atoms with Crippen LogP contribution in [0.5, 0.6) is 0 Å². The van der Waals surface area contributed by atoms with E-state index in [-0.39, 0.29) is 11.6 Å². The van der Waals surface area contributed by atoms with E-state index in [2.05, 4.69) is 5.32 Å². The van der Waals surface area contributed by atoms with Gasteiger partial charge in [0.15, 0.2) is 0 Å². The smallest absolute Gasteiger partial charge is 0.134 e. The van der Waals surface area contributed by atoms with Crippen LogP contribution in [0.2, 0.25) is 0 Å². The number of nitrogens with one attached hydrogen (secondary N) is 1. The topological polar surface area (TPSA) is 49.0 Å². The highest BCUT2D eigenvalue weighted by Crippen LogP contribution is 2.27. The molecule has 0 aliphatic rings. The molecule has 0 amide bonds. The minimum atomic E-state index is -0.423. The Labute approximate surface area is 121 Å². The minimum absolute atomic E-state index is 0.130. The Bertz CT molecular complexity index is 799. The van der Waals surface area contributed by atoms with Gasteiger partial charge in [-0.15, -0.1) is 0 Å². The van der Waals surface area contributed by atoms with Crippen LogP contribution in [0.4, 0.5) is 10.1 Å². The molecule has 1 atom stereocenters. The molecular weight excluding hydrogens is 267 g/mol. The molecule has 3 nitrogen and oxygen atoms in total. The Hall–Kier alpha value is -2.80. The van der Waals surface area contributed by atoms with Crippen LogP contribution in [0.3, 0.4) is 0 Å². The highest BCUT2D eigenvalue weighted by atomic mass is 19.1. The number of furan rings is 1. The van der Waals surface area contributed by atoms with E-state index in [4.69, 9.17) is 9.68 Å². The molecule has 0 fully saturated rings. The molecule has 21 heavy (non-hydrogen) atoms. The number of fused-ring (bicyclic) bond motifs is 1. The van der Waals surface area contributed by atoms with E-state index in [1.807, 2.05) is 43.3 Å². The predicted molar refractivity (Wildman–Crippen MR) is 79.4 cm³/mol. The lowest BCUT2D eigenvalue weighted by Crippen LogP contribution is -2.07. The first-order valence-electron chi connectivity index (χ1n) is 6.62. The average Bonchev–Trinajstić information content (AvgIpc) is 2.93. The third kappa shape index (κ3) is 2.59. The van der Waals surface area contributed by atoms with Gasteiger partial charge in [-0.05, 0) is 37.3 Å². The number of para-hydroxylation sites is 1. The molecule has 3 aromatic rings. The fourth-order valence-corrected chi connectivity index (χ4v) is 2.26. The fourth-order valence-electron chi connectivity index (χ4n) is 2.26. The first-order valence-corrected chi connectivity index (χ1v) is 6.62. The Balaban J connectivity index is 1.89. The lowest BCUT2D eigenvalue weighted by molar-refractivity contribution is 0.526. The maximum absolute atomic E-state index is 13.1. The average molecular weight is 280 g/mol. The fraction of sp³-hybridized carbons (Fsp3) is 0.118. The van der Waals surface area contributed by atoms with Gasteiger partial charge in [0.1, 0.15) is 23.2 Å². The largest absolute Gasteiger partial charge is 0.459 e. The molecule has 4 heteroatoms. The second-order valence-corrected chi connectivity index (χ2v) is 4.85. The van der Waals surface area contributed by atoms with Gasteiger partial charge in [0.25, 0.3) is 0 Å². The van der Waals surface area contributed by atoms with E-state index < -0.39 is 5.82 Å². The van der Waals surface area contributed by atoms with Gasteiger partial charge in [-0.2, -0.15) is 5.26 Å². The minimum Gasteiger partial charge on any atom is -0.459 e. The quantitative estimate of drug-likeness (QED) is 0.761. The number of halogens is 1. The second kappa shape index (κ2) is 5.29. The van der Waals surface area contributed by atoms with Crippen molar-refractivity contribution in [1.82, 2.24) is 0 Å². The molecule has 0 aliphatic carbocycles. The standard InChI is InChI=1S/C17H13FN2O/c1-11(17-9-12-4-2-3-5-16(12)21-17)20-15-7-6-14(18)8-13(15)10-19/h2-9,11,20H,1H3/t11-/m1/s1. The van der Waals surface area contributed by atoms with Crippen LogP contribution in [-0.2, 0) is 0 Å². The number of nitrogens with zero attached hydrogens (tertiary/aromatic N) is 1. The summed E-state index contributed by atoms with van der Waals surface area (Å²) in [6.07, 6.45) is 0. The van der Waals surface area contributed by atoms with Crippen molar-refractivity contribution in [3.05, 3.63) is 65.7 Å². The monoisotopic (exact) mass is 280 g/mol. The van der Waals surface area contributed by atoms with Gasteiger partial charge in [0.2, 0.25) is 0 Å². The van der Waals surface area contributed by atoms with Crippen LogP contribution < -0.4 is 5.32 Å². The summed E-state index contributed by atoms with van der Waals surface area (Å²) in [5, 5.41) is 13.3. The number of rotatable bonds is 3.